The van der Waals surface area contributed by atoms with Crippen molar-refractivity contribution in [3.8, 4) is 0 Å². The molecule has 0 saturated heterocycles. The lowest BCUT2D eigenvalue weighted by molar-refractivity contribution is -0.142. The highest BCUT2D eigenvalue weighted by Gasteiger charge is 2.30. The van der Waals surface area contributed by atoms with Gasteiger partial charge in [-0.05, 0) is 47.9 Å². The molecule has 142 valence electrons. The molecular weight excluding hydrogens is 359 g/mol. The minimum Gasteiger partial charge on any atom is -0.452 e. The molecule has 0 aliphatic rings. The van der Waals surface area contributed by atoms with Crippen molar-refractivity contribution < 1.29 is 27.5 Å². The Morgan fingerprint density at radius 3 is 2.44 bits per heavy atom. The maximum absolute atomic E-state index is 12.6. The van der Waals surface area contributed by atoms with Crippen LogP contribution >= 0.6 is 0 Å². The summed E-state index contributed by atoms with van der Waals surface area (Å²) in [7, 11) is 0. The van der Waals surface area contributed by atoms with Crippen LogP contribution in [0.2, 0.25) is 0 Å². The van der Waals surface area contributed by atoms with Gasteiger partial charge in [-0.15, -0.1) is 0 Å². The van der Waals surface area contributed by atoms with Crippen molar-refractivity contribution in [2.75, 3.05) is 11.9 Å². The van der Waals surface area contributed by atoms with Gasteiger partial charge in [0.15, 0.2) is 6.61 Å². The number of halogens is 3. The smallest absolute Gasteiger partial charge is 0.416 e. The Morgan fingerprint density at radius 1 is 1.11 bits per heavy atom. The van der Waals surface area contributed by atoms with E-state index in [2.05, 4.69) is 5.32 Å². The van der Waals surface area contributed by atoms with Crippen LogP contribution in [0, 0.1) is 0 Å². The Hall–Kier alpha value is -3.09. The van der Waals surface area contributed by atoms with Gasteiger partial charge in [-0.25, -0.2) is 4.79 Å². The van der Waals surface area contributed by atoms with E-state index in [4.69, 9.17) is 4.74 Å². The van der Waals surface area contributed by atoms with E-state index in [-0.39, 0.29) is 5.56 Å². The summed E-state index contributed by atoms with van der Waals surface area (Å²) in [5.41, 5.74) is 1.08. The van der Waals surface area contributed by atoms with Gasteiger partial charge in [0.05, 0.1) is 5.56 Å². The predicted octanol–water partition coefficient (Wildman–Crippen LogP) is 4.46. The molecule has 0 radical (unpaired) electrons. The van der Waals surface area contributed by atoms with E-state index in [9.17, 15) is 22.8 Å². The SMILES string of the molecule is CCc1ccc(NC(=O)COC(=O)/C=C/c2cccc(C(F)(F)F)c2)cc1. The van der Waals surface area contributed by atoms with Crippen molar-refractivity contribution in [2.45, 2.75) is 19.5 Å². The zero-order chi connectivity index (χ0) is 19.9. The third kappa shape index (κ3) is 6.62. The number of carbonyl (C=O) groups excluding carboxylic acids is 2. The summed E-state index contributed by atoms with van der Waals surface area (Å²) < 4.78 is 42.7. The van der Waals surface area contributed by atoms with Crippen molar-refractivity contribution >= 4 is 23.6 Å². The quantitative estimate of drug-likeness (QED) is 0.597. The molecule has 0 heterocycles. The van der Waals surface area contributed by atoms with Crippen LogP contribution in [-0.2, 0) is 26.9 Å². The number of rotatable bonds is 6. The zero-order valence-electron chi connectivity index (χ0n) is 14.5. The van der Waals surface area contributed by atoms with Gasteiger partial charge < -0.3 is 10.1 Å². The standard InChI is InChI=1S/C20H18F3NO3/c1-2-14-6-9-17(10-7-14)24-18(25)13-27-19(26)11-8-15-4-3-5-16(12-15)20(21,22)23/h3-12H,2,13H2,1H3,(H,24,25)/b11-8+. The molecule has 0 unspecified atom stereocenters. The highest BCUT2D eigenvalue weighted by Crippen LogP contribution is 2.29. The largest absolute Gasteiger partial charge is 0.452 e. The molecule has 0 aliphatic carbocycles. The number of anilines is 1. The van der Waals surface area contributed by atoms with E-state index in [1.165, 1.54) is 18.2 Å². The Bertz CT molecular complexity index is 827. The van der Waals surface area contributed by atoms with Crippen molar-refractivity contribution in [1.82, 2.24) is 0 Å². The van der Waals surface area contributed by atoms with Gasteiger partial charge in [-0.3, -0.25) is 4.79 Å². The molecule has 0 atom stereocenters. The molecule has 4 nitrogen and oxygen atoms in total. The average molecular weight is 377 g/mol. The molecule has 1 amide bonds. The summed E-state index contributed by atoms with van der Waals surface area (Å²) in [5, 5.41) is 2.58. The monoisotopic (exact) mass is 377 g/mol. The zero-order valence-corrected chi connectivity index (χ0v) is 14.5. The molecule has 0 fully saturated rings. The molecule has 0 aromatic heterocycles. The van der Waals surface area contributed by atoms with E-state index < -0.39 is 30.2 Å². The molecule has 0 saturated carbocycles. The first-order chi connectivity index (χ1) is 12.8. The second-order valence-corrected chi connectivity index (χ2v) is 5.66. The van der Waals surface area contributed by atoms with Crippen LogP contribution in [0.15, 0.2) is 54.6 Å². The third-order valence-corrected chi connectivity index (χ3v) is 3.62. The molecule has 2 aromatic carbocycles. The van der Waals surface area contributed by atoms with Crippen molar-refractivity contribution in [1.29, 1.82) is 0 Å². The minimum absolute atomic E-state index is 0.197. The minimum atomic E-state index is -4.46. The van der Waals surface area contributed by atoms with Crippen LogP contribution in [-0.4, -0.2) is 18.5 Å². The fourth-order valence-electron chi connectivity index (χ4n) is 2.19. The lowest BCUT2D eigenvalue weighted by Crippen LogP contribution is -2.20. The van der Waals surface area contributed by atoms with E-state index >= 15 is 0 Å². The molecule has 1 N–H and O–H groups in total. The Balaban J connectivity index is 1.84. The number of esters is 1. The number of amides is 1. The van der Waals surface area contributed by atoms with Crippen molar-refractivity contribution in [3.05, 3.63) is 71.3 Å². The molecular formula is C20H18F3NO3. The number of ether oxygens (including phenoxy) is 1. The second-order valence-electron chi connectivity index (χ2n) is 5.66. The van der Waals surface area contributed by atoms with Crippen molar-refractivity contribution in [2.24, 2.45) is 0 Å². The average Bonchev–Trinajstić information content (AvgIpc) is 2.65. The van der Waals surface area contributed by atoms with E-state index in [1.807, 2.05) is 19.1 Å². The molecule has 27 heavy (non-hydrogen) atoms. The van der Waals surface area contributed by atoms with Crippen LogP contribution in [0.1, 0.15) is 23.6 Å². The fraction of sp³-hybridized carbons (Fsp3) is 0.200. The number of nitrogens with one attached hydrogen (secondary N) is 1. The van der Waals surface area contributed by atoms with E-state index in [0.29, 0.717) is 5.69 Å². The number of benzene rings is 2. The highest BCUT2D eigenvalue weighted by atomic mass is 19.4. The van der Waals surface area contributed by atoms with E-state index in [1.54, 1.807) is 12.1 Å². The van der Waals surface area contributed by atoms with Gasteiger partial charge in [0.25, 0.3) is 5.91 Å². The number of hydrogen-bond donors (Lipinski definition) is 1. The van der Waals surface area contributed by atoms with Gasteiger partial charge in [0, 0.05) is 11.8 Å². The summed E-state index contributed by atoms with van der Waals surface area (Å²) >= 11 is 0. The van der Waals surface area contributed by atoms with E-state index in [0.717, 1.165) is 30.2 Å². The highest BCUT2D eigenvalue weighted by molar-refractivity contribution is 5.94. The van der Waals surface area contributed by atoms with Gasteiger partial charge >= 0.3 is 12.1 Å². The van der Waals surface area contributed by atoms with Gasteiger partial charge in [-0.1, -0.05) is 31.2 Å². The van der Waals surface area contributed by atoms with Crippen LogP contribution in [0.5, 0.6) is 0 Å². The third-order valence-electron chi connectivity index (χ3n) is 3.62. The summed E-state index contributed by atoms with van der Waals surface area (Å²) in [4.78, 5) is 23.4. The first-order valence-corrected chi connectivity index (χ1v) is 8.19. The number of carbonyl (C=O) groups is 2. The molecule has 2 aromatic rings. The molecule has 0 spiro atoms. The lowest BCUT2D eigenvalue weighted by Gasteiger charge is -2.07. The van der Waals surface area contributed by atoms with Crippen LogP contribution < -0.4 is 5.32 Å². The van der Waals surface area contributed by atoms with Gasteiger partial charge in [-0.2, -0.15) is 13.2 Å². The molecule has 0 aliphatic heterocycles. The fourth-order valence-corrected chi connectivity index (χ4v) is 2.19. The summed E-state index contributed by atoms with van der Waals surface area (Å²) in [6, 6.07) is 11.7. The molecule has 7 heteroatoms. The summed E-state index contributed by atoms with van der Waals surface area (Å²) in [5.74, 6) is -1.34. The molecule has 2 rings (SSSR count). The van der Waals surface area contributed by atoms with Crippen molar-refractivity contribution in [3.63, 3.8) is 0 Å². The second kappa shape index (κ2) is 9.02. The summed E-state index contributed by atoms with van der Waals surface area (Å²) in [6.07, 6.45) is -1.42. The van der Waals surface area contributed by atoms with Crippen LogP contribution in [0.25, 0.3) is 6.08 Å². The van der Waals surface area contributed by atoms with Crippen LogP contribution in [0.3, 0.4) is 0 Å². The predicted molar refractivity (Wildman–Crippen MR) is 95.9 cm³/mol. The Kier molecular flexibility index (Phi) is 6.76. The number of aryl methyl sites for hydroxylation is 1. The van der Waals surface area contributed by atoms with Gasteiger partial charge in [0.1, 0.15) is 0 Å². The summed E-state index contributed by atoms with van der Waals surface area (Å²) in [6.45, 7) is 1.52. The number of alkyl halides is 3. The topological polar surface area (TPSA) is 55.4 Å². The maximum atomic E-state index is 12.6. The molecule has 0 bridgehead atoms. The van der Waals surface area contributed by atoms with Crippen LogP contribution in [0.4, 0.5) is 18.9 Å². The lowest BCUT2D eigenvalue weighted by atomic mass is 10.1. The first kappa shape index (κ1) is 20.2. The van der Waals surface area contributed by atoms with Gasteiger partial charge in [0.2, 0.25) is 0 Å². The maximum Gasteiger partial charge on any atom is 0.416 e. The first-order valence-electron chi connectivity index (χ1n) is 8.19. The number of hydrogen-bond acceptors (Lipinski definition) is 3. The Labute approximate surface area is 154 Å². The Morgan fingerprint density at radius 2 is 1.81 bits per heavy atom. The normalized spacial score (nSPS) is 11.4.